The third-order valence-corrected chi connectivity index (χ3v) is 13.8. The van der Waals surface area contributed by atoms with Crippen LogP contribution in [0.5, 0.6) is 0 Å². The number of nitrogen functional groups attached to an aromatic ring is 1. The Bertz CT molecular complexity index is 2070. The van der Waals surface area contributed by atoms with Crippen LogP contribution in [0.25, 0.3) is 0 Å². The van der Waals surface area contributed by atoms with Crippen LogP contribution >= 0.6 is 15.6 Å². The van der Waals surface area contributed by atoms with Gasteiger partial charge in [-0.1, -0.05) is 138 Å². The highest BCUT2D eigenvalue weighted by molar-refractivity contribution is 7.61. The standard InChI is InChI=1S/C52H83N3O16P2/c1-3-5-7-8-9-10-11-12-13-14-15-16-19-23-26-29-33-37-48(58)69-44(40-66-47(57)36-32-28-25-22-20-17-18-21-24-27-31-35-43(56)34-30-6-4-2)41-67-72(62,63)71-73(64,65)68-42-45-49(59)50(60)51(70-45)55-39-38-46(53)54-52(55)61/h9-10,12-13,17-18,22,24-25,27,31,35,38-39,44-45,49-51,59-60H,3-8,11,14-16,19-21,23,26,28-30,32-34,36-37,40-42H2,1-2H3,(H,62,63)(H,64,65)(H2,53,54,61)/b10-9-,13-12-,18-17-,25-22-,27-24-,35-31+/t44-,45-,49-,50-,51-/m1/s1. The summed E-state index contributed by atoms with van der Waals surface area (Å²) in [4.78, 5) is 73.7. The zero-order valence-corrected chi connectivity index (χ0v) is 44.7. The van der Waals surface area contributed by atoms with Gasteiger partial charge in [-0.05, 0) is 82.8 Å². The van der Waals surface area contributed by atoms with E-state index in [1.807, 2.05) is 36.5 Å². The lowest BCUT2D eigenvalue weighted by Gasteiger charge is -2.21. The van der Waals surface area contributed by atoms with Crippen LogP contribution in [-0.2, 0) is 51.1 Å². The van der Waals surface area contributed by atoms with Crippen molar-refractivity contribution in [2.24, 2.45) is 0 Å². The first kappa shape index (κ1) is 65.0. The van der Waals surface area contributed by atoms with Gasteiger partial charge in [0.25, 0.3) is 0 Å². The van der Waals surface area contributed by atoms with Crippen LogP contribution in [0.2, 0.25) is 0 Å². The molecule has 0 saturated carbocycles. The van der Waals surface area contributed by atoms with Gasteiger partial charge in [-0.25, -0.2) is 13.9 Å². The highest BCUT2D eigenvalue weighted by atomic mass is 31.3. The SMILES string of the molecule is CCCCC/C=C\C/C=C\CCCCCCCCCC(=O)O[C@H](COC(=O)CCC/C=C\C/C=C\C/C=C\C=C\C(=O)CCCCC)COP(=O)(O)OP(=O)(O)OC[C@H]1O[C@@H](n2ccc(N)nc2=O)[C@H](O)[C@@H]1O. The number of allylic oxidation sites excluding steroid dienone is 12. The summed E-state index contributed by atoms with van der Waals surface area (Å²) in [5.41, 5.74) is 4.58. The number of phosphoric acid groups is 2. The highest BCUT2D eigenvalue weighted by Crippen LogP contribution is 2.60. The fourth-order valence-electron chi connectivity index (χ4n) is 7.17. The molecule has 73 heavy (non-hydrogen) atoms. The van der Waals surface area contributed by atoms with Gasteiger partial charge in [-0.15, -0.1) is 0 Å². The van der Waals surface area contributed by atoms with E-state index in [0.29, 0.717) is 32.1 Å². The molecule has 19 nitrogen and oxygen atoms in total. The van der Waals surface area contributed by atoms with Gasteiger partial charge in [0, 0.05) is 25.5 Å². The molecule has 0 amide bonds. The zero-order valence-electron chi connectivity index (χ0n) is 42.9. The number of hydrogen-bond acceptors (Lipinski definition) is 16. The maximum absolute atomic E-state index is 12.9. The molecule has 412 valence electrons. The molecule has 21 heteroatoms. The lowest BCUT2D eigenvalue weighted by atomic mass is 10.1. The van der Waals surface area contributed by atoms with Crippen LogP contribution in [-0.4, -0.2) is 91.5 Å². The minimum absolute atomic E-state index is 0.0143. The Hall–Kier alpha value is -4.13. The number of carbonyl (C=O) groups is 3. The summed E-state index contributed by atoms with van der Waals surface area (Å²) in [6, 6.07) is 1.24. The Balaban J connectivity index is 1.83. The predicted molar refractivity (Wildman–Crippen MR) is 280 cm³/mol. The van der Waals surface area contributed by atoms with Crippen molar-refractivity contribution in [2.75, 3.05) is 25.6 Å². The molecule has 1 saturated heterocycles. The Kier molecular flexibility index (Phi) is 35.0. The number of ether oxygens (including phenoxy) is 3. The smallest absolute Gasteiger partial charge is 0.462 e. The maximum Gasteiger partial charge on any atom is 0.481 e. The fourth-order valence-corrected chi connectivity index (χ4v) is 9.28. The fraction of sp³-hybridized carbons (Fsp3) is 0.635. The largest absolute Gasteiger partial charge is 0.481 e. The molecule has 2 rings (SSSR count). The van der Waals surface area contributed by atoms with E-state index in [4.69, 9.17) is 29.0 Å². The predicted octanol–water partition coefficient (Wildman–Crippen LogP) is 10.1. The summed E-state index contributed by atoms with van der Waals surface area (Å²) in [5, 5.41) is 20.9. The van der Waals surface area contributed by atoms with Crippen LogP contribution in [0.4, 0.5) is 5.82 Å². The van der Waals surface area contributed by atoms with Gasteiger partial charge in [0.1, 0.15) is 30.7 Å². The van der Waals surface area contributed by atoms with Gasteiger partial charge < -0.3 is 39.9 Å². The third-order valence-electron chi connectivity index (χ3n) is 11.2. The number of anilines is 1. The second kappa shape index (κ2) is 39.3. The van der Waals surface area contributed by atoms with Crippen molar-refractivity contribution in [1.82, 2.24) is 9.55 Å². The minimum atomic E-state index is -5.45. The molecule has 1 aliphatic heterocycles. The Morgan fingerprint density at radius 3 is 1.90 bits per heavy atom. The van der Waals surface area contributed by atoms with Gasteiger partial charge in [-0.3, -0.25) is 28.0 Å². The molecule has 0 radical (unpaired) electrons. The topological polar surface area (TPSA) is 283 Å². The summed E-state index contributed by atoms with van der Waals surface area (Å²) in [6.45, 7) is 1.90. The van der Waals surface area contributed by atoms with Gasteiger partial charge in [-0.2, -0.15) is 9.29 Å². The number of hydrogen-bond donors (Lipinski definition) is 5. The maximum atomic E-state index is 12.9. The molecule has 0 bridgehead atoms. The second-order valence-corrected chi connectivity index (χ2v) is 20.7. The van der Waals surface area contributed by atoms with E-state index in [0.717, 1.165) is 94.2 Å². The first-order valence-corrected chi connectivity index (χ1v) is 28.9. The first-order valence-electron chi connectivity index (χ1n) is 25.9. The average Bonchev–Trinajstić information content (AvgIpc) is 3.62. The van der Waals surface area contributed by atoms with Crippen LogP contribution in [0.15, 0.2) is 90.0 Å². The van der Waals surface area contributed by atoms with E-state index in [9.17, 15) is 48.3 Å². The third kappa shape index (κ3) is 32.0. The van der Waals surface area contributed by atoms with Crippen molar-refractivity contribution >= 4 is 39.2 Å². The average molecular weight is 1070 g/mol. The van der Waals surface area contributed by atoms with E-state index in [1.165, 1.54) is 25.3 Å². The van der Waals surface area contributed by atoms with Crippen molar-refractivity contribution in [3.05, 3.63) is 95.7 Å². The second-order valence-electron chi connectivity index (χ2n) is 17.7. The van der Waals surface area contributed by atoms with E-state index in [1.54, 1.807) is 12.2 Å². The first-order chi connectivity index (χ1) is 35.1. The molecular formula is C52H83N3O16P2. The number of aliphatic hydroxyl groups excluding tert-OH is 2. The number of aliphatic hydroxyl groups is 2. The Morgan fingerprint density at radius 1 is 0.699 bits per heavy atom. The number of aromatic nitrogens is 2. The molecule has 1 aliphatic rings. The highest BCUT2D eigenvalue weighted by Gasteiger charge is 2.46. The van der Waals surface area contributed by atoms with E-state index in [2.05, 4.69) is 47.4 Å². The van der Waals surface area contributed by atoms with Crippen molar-refractivity contribution in [3.8, 4) is 0 Å². The Morgan fingerprint density at radius 2 is 1.25 bits per heavy atom. The molecule has 0 spiro atoms. The molecular weight excluding hydrogens is 985 g/mol. The lowest BCUT2D eigenvalue weighted by molar-refractivity contribution is -0.161. The van der Waals surface area contributed by atoms with Gasteiger partial charge >= 0.3 is 33.3 Å². The summed E-state index contributed by atoms with van der Waals surface area (Å²) >= 11 is 0. The van der Waals surface area contributed by atoms with Crippen molar-refractivity contribution in [3.63, 3.8) is 0 Å². The monoisotopic (exact) mass is 1070 g/mol. The normalized spacial score (nSPS) is 19.5. The molecule has 2 heterocycles. The van der Waals surface area contributed by atoms with Crippen LogP contribution in [0.1, 0.15) is 168 Å². The van der Waals surface area contributed by atoms with Crippen LogP contribution in [0.3, 0.4) is 0 Å². The van der Waals surface area contributed by atoms with Gasteiger partial charge in [0.05, 0.1) is 13.2 Å². The lowest BCUT2D eigenvalue weighted by Crippen LogP contribution is -2.36. The van der Waals surface area contributed by atoms with E-state index < -0.39 is 83.7 Å². The van der Waals surface area contributed by atoms with Crippen LogP contribution in [0, 0.1) is 0 Å². The summed E-state index contributed by atoms with van der Waals surface area (Å²) in [5.74, 6) is -1.29. The summed E-state index contributed by atoms with van der Waals surface area (Å²) in [7, 11) is -10.9. The van der Waals surface area contributed by atoms with Gasteiger partial charge in [0.15, 0.2) is 18.1 Å². The number of carbonyl (C=O) groups excluding carboxylic acids is 3. The quantitative estimate of drug-likeness (QED) is 0.0102. The molecule has 0 aliphatic carbocycles. The van der Waals surface area contributed by atoms with E-state index >= 15 is 0 Å². The van der Waals surface area contributed by atoms with E-state index in [-0.39, 0.29) is 24.4 Å². The molecule has 0 aromatic carbocycles. The number of phosphoric ester groups is 2. The molecule has 1 aromatic heterocycles. The number of unbranched alkanes of at least 4 members (excludes halogenated alkanes) is 13. The van der Waals surface area contributed by atoms with Crippen molar-refractivity contribution in [2.45, 2.75) is 192 Å². The molecule has 2 unspecified atom stereocenters. The molecule has 7 atom stereocenters. The van der Waals surface area contributed by atoms with Crippen LogP contribution < -0.4 is 11.4 Å². The van der Waals surface area contributed by atoms with Gasteiger partial charge in [0.2, 0.25) is 0 Å². The molecule has 1 aromatic rings. The minimum Gasteiger partial charge on any atom is -0.462 e. The summed E-state index contributed by atoms with van der Waals surface area (Å²) < 4.78 is 56.7. The van der Waals surface area contributed by atoms with Crippen molar-refractivity contribution < 1.29 is 71.1 Å². The molecule has 6 N–H and O–H groups in total. The molecule has 1 fully saturated rings. The van der Waals surface area contributed by atoms with Crippen molar-refractivity contribution in [1.29, 1.82) is 0 Å². The number of esters is 2. The number of nitrogens with two attached hydrogens (primary N) is 1. The number of ketones is 1. The number of nitrogens with zero attached hydrogens (tertiary/aromatic N) is 2. The zero-order chi connectivity index (χ0) is 53.6. The summed E-state index contributed by atoms with van der Waals surface area (Å²) in [6.07, 6.45) is 36.8. The number of rotatable bonds is 42. The Labute approximate surface area is 431 Å².